The van der Waals surface area contributed by atoms with Crippen LogP contribution in [-0.2, 0) is 23.8 Å². The van der Waals surface area contributed by atoms with Gasteiger partial charge in [-0.3, -0.25) is 4.79 Å². The summed E-state index contributed by atoms with van der Waals surface area (Å²) < 4.78 is 16.4. The Labute approximate surface area is 137 Å². The monoisotopic (exact) mass is 322 g/mol. The van der Waals surface area contributed by atoms with Crippen molar-refractivity contribution >= 4 is 11.9 Å². The summed E-state index contributed by atoms with van der Waals surface area (Å²) in [6.45, 7) is 5.89. The molecule has 0 spiro atoms. The maximum absolute atomic E-state index is 11.6. The van der Waals surface area contributed by atoms with E-state index in [4.69, 9.17) is 14.2 Å². The second-order valence-electron chi connectivity index (χ2n) is 7.21. The molecule has 5 unspecified atom stereocenters. The van der Waals surface area contributed by atoms with Crippen LogP contribution in [0.4, 0.5) is 0 Å². The minimum absolute atomic E-state index is 0.0492. The van der Waals surface area contributed by atoms with Crippen molar-refractivity contribution in [3.8, 4) is 0 Å². The molecule has 3 heterocycles. The highest BCUT2D eigenvalue weighted by Gasteiger charge is 2.48. The summed E-state index contributed by atoms with van der Waals surface area (Å²) in [6, 6.07) is 0. The van der Waals surface area contributed by atoms with Gasteiger partial charge in [-0.2, -0.15) is 0 Å². The highest BCUT2D eigenvalue weighted by Crippen LogP contribution is 2.43. The van der Waals surface area contributed by atoms with Crippen LogP contribution in [0.25, 0.3) is 0 Å². The van der Waals surface area contributed by atoms with Crippen LogP contribution in [0.2, 0.25) is 0 Å². The zero-order valence-corrected chi connectivity index (χ0v) is 13.8. The zero-order chi connectivity index (χ0) is 16.4. The van der Waals surface area contributed by atoms with Crippen molar-refractivity contribution < 1.29 is 23.8 Å². The molecule has 0 aliphatic carbocycles. The number of carbonyl (C=O) groups excluding carboxylic acids is 2. The molecule has 3 rings (SSSR count). The van der Waals surface area contributed by atoms with Crippen LogP contribution < -0.4 is 0 Å². The van der Waals surface area contributed by atoms with E-state index in [1.165, 1.54) is 0 Å². The molecule has 3 saturated heterocycles. The molecular formula is C18H26O5. The van der Waals surface area contributed by atoms with Gasteiger partial charge >= 0.3 is 11.9 Å². The average molecular weight is 322 g/mol. The van der Waals surface area contributed by atoms with Crippen molar-refractivity contribution in [2.75, 3.05) is 6.61 Å². The van der Waals surface area contributed by atoms with Gasteiger partial charge in [0.15, 0.2) is 0 Å². The van der Waals surface area contributed by atoms with E-state index in [2.05, 4.69) is 6.58 Å². The summed E-state index contributed by atoms with van der Waals surface area (Å²) in [4.78, 5) is 22.7. The molecule has 3 aliphatic rings. The summed E-state index contributed by atoms with van der Waals surface area (Å²) in [5.41, 5.74) is 0.443. The fourth-order valence-corrected chi connectivity index (χ4v) is 3.96. The molecule has 0 radical (unpaired) electrons. The highest BCUT2D eigenvalue weighted by molar-refractivity contribution is 5.87. The smallest absolute Gasteiger partial charge is 0.333 e. The van der Waals surface area contributed by atoms with E-state index in [1.807, 2.05) is 0 Å². The van der Waals surface area contributed by atoms with Gasteiger partial charge in [-0.15, -0.1) is 0 Å². The molecule has 128 valence electrons. The van der Waals surface area contributed by atoms with Gasteiger partial charge in [-0.25, -0.2) is 4.79 Å². The first kappa shape index (κ1) is 16.5. The average Bonchev–Trinajstić information content (AvgIpc) is 3.19. The van der Waals surface area contributed by atoms with Crippen molar-refractivity contribution in [2.45, 2.75) is 70.2 Å². The Morgan fingerprint density at radius 3 is 2.65 bits per heavy atom. The minimum atomic E-state index is -0.309. The Balaban J connectivity index is 1.33. The minimum Gasteiger partial charge on any atom is -0.465 e. The van der Waals surface area contributed by atoms with Gasteiger partial charge in [0.2, 0.25) is 0 Å². The van der Waals surface area contributed by atoms with E-state index >= 15 is 0 Å². The van der Waals surface area contributed by atoms with Crippen molar-refractivity contribution in [1.82, 2.24) is 0 Å². The van der Waals surface area contributed by atoms with E-state index in [-0.39, 0.29) is 30.3 Å². The van der Waals surface area contributed by atoms with E-state index in [0.29, 0.717) is 30.4 Å². The first-order chi connectivity index (χ1) is 11.0. The van der Waals surface area contributed by atoms with E-state index in [0.717, 1.165) is 38.5 Å². The molecule has 5 nitrogen and oxygen atoms in total. The molecule has 3 aliphatic heterocycles. The third kappa shape index (κ3) is 3.94. The van der Waals surface area contributed by atoms with Crippen molar-refractivity contribution in [2.24, 2.45) is 11.8 Å². The van der Waals surface area contributed by atoms with Crippen LogP contribution in [0.15, 0.2) is 12.2 Å². The molecule has 5 atom stereocenters. The molecular weight excluding hydrogens is 296 g/mol. The van der Waals surface area contributed by atoms with Gasteiger partial charge < -0.3 is 14.2 Å². The molecule has 0 aromatic carbocycles. The summed E-state index contributed by atoms with van der Waals surface area (Å²) in [7, 11) is 0. The topological polar surface area (TPSA) is 61.8 Å². The van der Waals surface area contributed by atoms with E-state index in [1.54, 1.807) is 6.92 Å². The van der Waals surface area contributed by atoms with E-state index in [9.17, 15) is 9.59 Å². The van der Waals surface area contributed by atoms with Crippen LogP contribution in [0.3, 0.4) is 0 Å². The van der Waals surface area contributed by atoms with Crippen LogP contribution in [-0.4, -0.2) is 36.9 Å². The van der Waals surface area contributed by atoms with Gasteiger partial charge in [-0.1, -0.05) is 19.4 Å². The molecule has 2 bridgehead atoms. The first-order valence-electron chi connectivity index (χ1n) is 8.70. The van der Waals surface area contributed by atoms with Crippen LogP contribution in [0.1, 0.15) is 51.9 Å². The van der Waals surface area contributed by atoms with Gasteiger partial charge in [0.1, 0.15) is 6.10 Å². The van der Waals surface area contributed by atoms with Gasteiger partial charge in [-0.05, 0) is 32.1 Å². The Morgan fingerprint density at radius 2 is 2.04 bits per heavy atom. The van der Waals surface area contributed by atoms with Crippen LogP contribution in [0, 0.1) is 11.8 Å². The lowest BCUT2D eigenvalue weighted by Gasteiger charge is -2.24. The number of cyclic esters (lactones) is 1. The molecule has 0 aromatic rings. The summed E-state index contributed by atoms with van der Waals surface area (Å²) in [6.07, 6.45) is 7.14. The predicted molar refractivity (Wildman–Crippen MR) is 83.6 cm³/mol. The Morgan fingerprint density at radius 1 is 1.26 bits per heavy atom. The maximum atomic E-state index is 11.6. The summed E-state index contributed by atoms with van der Waals surface area (Å²) in [5.74, 6) is 0.647. The lowest BCUT2D eigenvalue weighted by molar-refractivity contribution is -0.146. The zero-order valence-electron chi connectivity index (χ0n) is 13.8. The summed E-state index contributed by atoms with van der Waals surface area (Å²) in [5, 5.41) is 0. The number of unbranched alkanes of at least 4 members (excludes halogenated alkanes) is 1. The fraction of sp³-hybridized carbons (Fsp3) is 0.778. The fourth-order valence-electron chi connectivity index (χ4n) is 3.96. The maximum Gasteiger partial charge on any atom is 0.333 e. The van der Waals surface area contributed by atoms with Gasteiger partial charge in [0.25, 0.3) is 0 Å². The third-order valence-electron chi connectivity index (χ3n) is 5.27. The number of rotatable bonds is 7. The van der Waals surface area contributed by atoms with Crippen molar-refractivity contribution in [3.63, 3.8) is 0 Å². The first-order valence-corrected chi connectivity index (χ1v) is 8.70. The molecule has 3 fully saturated rings. The lowest BCUT2D eigenvalue weighted by atomic mass is 9.83. The number of carbonyl (C=O) groups is 2. The molecule has 23 heavy (non-hydrogen) atoms. The predicted octanol–water partition coefficient (Wildman–Crippen LogP) is 2.78. The molecule has 0 N–H and O–H groups in total. The standard InChI is InChI=1S/C18H26O5/c1-11(2)18(20)23-16-9-14-13(8-15(16)22-14)6-4-3-5-12-7-17(19)21-10-12/h12-16H,1,3-10H2,2H3. The van der Waals surface area contributed by atoms with Gasteiger partial charge in [0.05, 0.1) is 25.2 Å². The number of esters is 2. The largest absolute Gasteiger partial charge is 0.465 e. The number of hydrogen-bond acceptors (Lipinski definition) is 5. The van der Waals surface area contributed by atoms with Crippen LogP contribution in [0.5, 0.6) is 0 Å². The lowest BCUT2D eigenvalue weighted by Crippen LogP contribution is -2.31. The SMILES string of the molecule is C=C(C)C(=O)OC1CC2OC1CC2CCCCC1COC(=O)C1. The molecule has 0 amide bonds. The second kappa shape index (κ2) is 7.04. The molecule has 0 saturated carbocycles. The number of ether oxygens (including phenoxy) is 3. The Hall–Kier alpha value is -1.36. The van der Waals surface area contributed by atoms with Gasteiger partial charge in [0, 0.05) is 17.9 Å². The quantitative estimate of drug-likeness (QED) is 0.410. The number of hydrogen-bond donors (Lipinski definition) is 0. The third-order valence-corrected chi connectivity index (χ3v) is 5.27. The Kier molecular flexibility index (Phi) is 5.05. The number of fused-ring (bicyclic) bond motifs is 2. The van der Waals surface area contributed by atoms with Crippen molar-refractivity contribution in [1.29, 1.82) is 0 Å². The second-order valence-corrected chi connectivity index (χ2v) is 7.21. The van der Waals surface area contributed by atoms with Crippen molar-refractivity contribution in [3.05, 3.63) is 12.2 Å². The molecule has 0 aromatic heterocycles. The molecule has 5 heteroatoms. The Bertz CT molecular complexity index is 486. The van der Waals surface area contributed by atoms with E-state index < -0.39 is 0 Å². The summed E-state index contributed by atoms with van der Waals surface area (Å²) >= 11 is 0. The normalized spacial score (nSPS) is 35.3. The highest BCUT2D eigenvalue weighted by atomic mass is 16.6. The van der Waals surface area contributed by atoms with Crippen LogP contribution >= 0.6 is 0 Å².